The maximum absolute atomic E-state index is 5.70. The van der Waals surface area contributed by atoms with Crippen molar-refractivity contribution >= 4 is 5.96 Å². The van der Waals surface area contributed by atoms with Crippen LogP contribution in [0.15, 0.2) is 23.2 Å². The molecule has 2 rings (SSSR count). The van der Waals surface area contributed by atoms with E-state index < -0.39 is 0 Å². The molecule has 0 aromatic heterocycles. The van der Waals surface area contributed by atoms with Gasteiger partial charge in [-0.25, -0.2) is 0 Å². The molecule has 1 aromatic rings. The minimum Gasteiger partial charge on any atom is -0.490 e. The fraction of sp³-hybridized carbons (Fsp3) is 0.562. The highest BCUT2D eigenvalue weighted by Crippen LogP contribution is 2.30. The Hall–Kier alpha value is -1.91. The second kappa shape index (κ2) is 6.70. The molecule has 0 unspecified atom stereocenters. The topological polar surface area (TPSA) is 54.9 Å². The van der Waals surface area contributed by atoms with E-state index >= 15 is 0 Å². The van der Waals surface area contributed by atoms with Gasteiger partial charge in [-0.1, -0.05) is 6.07 Å². The van der Waals surface area contributed by atoms with Crippen LogP contribution in [0.2, 0.25) is 0 Å². The number of guanidine groups is 1. The maximum Gasteiger partial charge on any atom is 0.191 e. The van der Waals surface area contributed by atoms with Crippen molar-refractivity contribution < 1.29 is 9.47 Å². The number of benzene rings is 1. The molecule has 5 heteroatoms. The molecule has 1 aliphatic heterocycles. The first-order chi connectivity index (χ1) is 9.98. The number of aliphatic imine (C=N–C) groups is 1. The van der Waals surface area contributed by atoms with E-state index in [2.05, 4.69) is 36.4 Å². The van der Waals surface area contributed by atoms with Gasteiger partial charge < -0.3 is 20.1 Å². The van der Waals surface area contributed by atoms with Crippen molar-refractivity contribution in [1.29, 1.82) is 0 Å². The molecule has 0 saturated heterocycles. The molecule has 1 heterocycles. The van der Waals surface area contributed by atoms with Gasteiger partial charge in [0, 0.05) is 25.6 Å². The Morgan fingerprint density at radius 3 is 2.57 bits per heavy atom. The molecule has 116 valence electrons. The molecule has 0 bridgehead atoms. The van der Waals surface area contributed by atoms with Crippen molar-refractivity contribution in [2.75, 3.05) is 20.3 Å². The summed E-state index contributed by atoms with van der Waals surface area (Å²) in [6.07, 6.45) is 0.921. The smallest absolute Gasteiger partial charge is 0.191 e. The maximum atomic E-state index is 5.70. The van der Waals surface area contributed by atoms with Crippen molar-refractivity contribution in [3.63, 3.8) is 0 Å². The summed E-state index contributed by atoms with van der Waals surface area (Å²) in [5.41, 5.74) is 1.11. The first kappa shape index (κ1) is 15.5. The van der Waals surface area contributed by atoms with Gasteiger partial charge in [0.25, 0.3) is 0 Å². The molecule has 0 saturated carbocycles. The Morgan fingerprint density at radius 1 is 1.19 bits per heavy atom. The Morgan fingerprint density at radius 2 is 1.90 bits per heavy atom. The highest BCUT2D eigenvalue weighted by atomic mass is 16.5. The average Bonchev–Trinajstić information content (AvgIpc) is 2.66. The number of rotatable bonds is 2. The summed E-state index contributed by atoms with van der Waals surface area (Å²) in [5.74, 6) is 2.44. The normalized spacial score (nSPS) is 15.3. The molecule has 0 aliphatic carbocycles. The van der Waals surface area contributed by atoms with Gasteiger partial charge in [0.15, 0.2) is 17.5 Å². The summed E-state index contributed by atoms with van der Waals surface area (Å²) < 4.78 is 11.3. The summed E-state index contributed by atoms with van der Waals surface area (Å²) in [7, 11) is 1.77. The van der Waals surface area contributed by atoms with Crippen molar-refractivity contribution in [3.8, 4) is 11.5 Å². The quantitative estimate of drug-likeness (QED) is 0.648. The fourth-order valence-corrected chi connectivity index (χ4v) is 2.04. The van der Waals surface area contributed by atoms with Crippen LogP contribution in [-0.4, -0.2) is 31.8 Å². The summed E-state index contributed by atoms with van der Waals surface area (Å²) in [5, 5.41) is 6.64. The standard InChI is InChI=1S/C16H25N3O2/c1-16(2,3)19-15(17-4)18-11-12-6-7-13-14(10-12)21-9-5-8-20-13/h6-7,10H,5,8-9,11H2,1-4H3,(H2,17,18,19). The first-order valence-electron chi connectivity index (χ1n) is 7.35. The van der Waals surface area contributed by atoms with Crippen LogP contribution in [-0.2, 0) is 6.54 Å². The van der Waals surface area contributed by atoms with Crippen molar-refractivity contribution in [1.82, 2.24) is 10.6 Å². The Bertz CT molecular complexity index is 507. The second-order valence-corrected chi connectivity index (χ2v) is 6.13. The Kier molecular flexibility index (Phi) is 4.94. The minimum atomic E-state index is -0.0213. The van der Waals surface area contributed by atoms with E-state index in [9.17, 15) is 0 Å². The number of hydrogen-bond acceptors (Lipinski definition) is 3. The number of nitrogens with one attached hydrogen (secondary N) is 2. The Balaban J connectivity index is 1.98. The lowest BCUT2D eigenvalue weighted by atomic mass is 10.1. The van der Waals surface area contributed by atoms with Crippen LogP contribution in [0, 0.1) is 0 Å². The third kappa shape index (κ3) is 4.85. The summed E-state index contributed by atoms with van der Waals surface area (Å²) in [4.78, 5) is 4.23. The molecule has 0 atom stereocenters. The van der Waals surface area contributed by atoms with E-state index in [-0.39, 0.29) is 5.54 Å². The molecule has 0 amide bonds. The van der Waals surface area contributed by atoms with Crippen molar-refractivity contribution in [2.45, 2.75) is 39.3 Å². The first-order valence-corrected chi connectivity index (χ1v) is 7.35. The molecule has 0 spiro atoms. The van der Waals surface area contributed by atoms with Gasteiger partial charge in [-0.3, -0.25) is 4.99 Å². The SMILES string of the molecule is CN=C(NCc1ccc2c(c1)OCCCO2)NC(C)(C)C. The zero-order valence-corrected chi connectivity index (χ0v) is 13.3. The van der Waals surface area contributed by atoms with Crippen LogP contribution in [0.1, 0.15) is 32.8 Å². The second-order valence-electron chi connectivity index (χ2n) is 6.13. The molecular formula is C16H25N3O2. The van der Waals surface area contributed by atoms with Crippen LogP contribution >= 0.6 is 0 Å². The number of fused-ring (bicyclic) bond motifs is 1. The average molecular weight is 291 g/mol. The zero-order chi connectivity index (χ0) is 15.3. The van der Waals surface area contributed by atoms with Gasteiger partial charge in [-0.05, 0) is 38.5 Å². The lowest BCUT2D eigenvalue weighted by Crippen LogP contribution is -2.47. The van der Waals surface area contributed by atoms with Gasteiger partial charge in [0.1, 0.15) is 0 Å². The molecule has 0 radical (unpaired) electrons. The van der Waals surface area contributed by atoms with Crippen LogP contribution in [0.4, 0.5) is 0 Å². The fourth-order valence-electron chi connectivity index (χ4n) is 2.04. The van der Waals surface area contributed by atoms with Gasteiger partial charge in [-0.15, -0.1) is 0 Å². The molecule has 5 nitrogen and oxygen atoms in total. The van der Waals surface area contributed by atoms with E-state index in [1.807, 2.05) is 18.2 Å². The molecule has 1 aromatic carbocycles. The monoisotopic (exact) mass is 291 g/mol. The van der Waals surface area contributed by atoms with Crippen LogP contribution in [0.5, 0.6) is 11.5 Å². The zero-order valence-electron chi connectivity index (χ0n) is 13.3. The summed E-state index contributed by atoms with van der Waals surface area (Å²) in [6, 6.07) is 6.04. The third-order valence-corrected chi connectivity index (χ3v) is 2.99. The lowest BCUT2D eigenvalue weighted by molar-refractivity contribution is 0.297. The van der Waals surface area contributed by atoms with E-state index in [4.69, 9.17) is 9.47 Å². The van der Waals surface area contributed by atoms with Gasteiger partial charge >= 0.3 is 0 Å². The Labute approximate surface area is 126 Å². The predicted molar refractivity (Wildman–Crippen MR) is 85.1 cm³/mol. The van der Waals surface area contributed by atoms with Crippen LogP contribution in [0.3, 0.4) is 0 Å². The highest BCUT2D eigenvalue weighted by Gasteiger charge is 2.13. The van der Waals surface area contributed by atoms with Gasteiger partial charge in [0.05, 0.1) is 13.2 Å². The predicted octanol–water partition coefficient (Wildman–Crippen LogP) is 2.31. The molecule has 1 aliphatic rings. The van der Waals surface area contributed by atoms with Crippen molar-refractivity contribution in [2.24, 2.45) is 4.99 Å². The number of ether oxygens (including phenoxy) is 2. The number of hydrogen-bond donors (Lipinski definition) is 2. The van der Waals surface area contributed by atoms with Gasteiger partial charge in [-0.2, -0.15) is 0 Å². The number of nitrogens with zero attached hydrogens (tertiary/aromatic N) is 1. The minimum absolute atomic E-state index is 0.0213. The molecular weight excluding hydrogens is 266 g/mol. The van der Waals surface area contributed by atoms with Crippen molar-refractivity contribution in [3.05, 3.63) is 23.8 Å². The van der Waals surface area contributed by atoms with E-state index in [0.717, 1.165) is 29.4 Å². The largest absolute Gasteiger partial charge is 0.490 e. The summed E-state index contributed by atoms with van der Waals surface area (Å²) in [6.45, 7) is 8.42. The highest BCUT2D eigenvalue weighted by molar-refractivity contribution is 5.80. The van der Waals surface area contributed by atoms with Gasteiger partial charge in [0.2, 0.25) is 0 Å². The van der Waals surface area contributed by atoms with E-state index in [0.29, 0.717) is 19.8 Å². The lowest BCUT2D eigenvalue weighted by Gasteiger charge is -2.23. The molecule has 2 N–H and O–H groups in total. The third-order valence-electron chi connectivity index (χ3n) is 2.99. The van der Waals surface area contributed by atoms with Crippen LogP contribution in [0.25, 0.3) is 0 Å². The molecule has 21 heavy (non-hydrogen) atoms. The van der Waals surface area contributed by atoms with E-state index in [1.165, 1.54) is 0 Å². The van der Waals surface area contributed by atoms with Crippen LogP contribution < -0.4 is 20.1 Å². The molecule has 0 fully saturated rings. The van der Waals surface area contributed by atoms with E-state index in [1.54, 1.807) is 7.05 Å². The summed E-state index contributed by atoms with van der Waals surface area (Å²) >= 11 is 0.